The average molecular weight is 276 g/mol. The van der Waals surface area contributed by atoms with E-state index >= 15 is 0 Å². The molecule has 1 N–H and O–H groups in total. The van der Waals surface area contributed by atoms with Crippen LogP contribution in [-0.2, 0) is 16.0 Å². The van der Waals surface area contributed by atoms with E-state index in [2.05, 4.69) is 0 Å². The van der Waals surface area contributed by atoms with Crippen LogP contribution >= 0.6 is 0 Å². The van der Waals surface area contributed by atoms with Crippen molar-refractivity contribution in [1.29, 1.82) is 0 Å². The number of aliphatic hydroxyl groups is 1. The standard InChI is InChI=1S/C16H20O4/c1-8-7-13-14(16(19)10(3)15(13)18)9(2)12(8)5-6-20-11(4)17/h7,10,15,18H,5-6H2,1-4H3/t10-,15+/m1/s1. The van der Waals surface area contributed by atoms with Gasteiger partial charge in [0.1, 0.15) is 0 Å². The van der Waals surface area contributed by atoms with Crippen molar-refractivity contribution in [2.45, 2.75) is 40.2 Å². The lowest BCUT2D eigenvalue weighted by Gasteiger charge is -2.15. The molecule has 0 unspecified atom stereocenters. The SMILES string of the molecule is CC(=O)OCCc1c(C)cc2c(c1C)C(=O)[C@H](C)[C@@H]2O. The van der Waals surface area contributed by atoms with Gasteiger partial charge in [0.15, 0.2) is 5.78 Å². The number of ether oxygens (including phenoxy) is 1. The zero-order valence-electron chi connectivity index (χ0n) is 12.3. The summed E-state index contributed by atoms with van der Waals surface area (Å²) in [6.45, 7) is 7.29. The third-order valence-corrected chi connectivity index (χ3v) is 4.07. The molecular weight excluding hydrogens is 256 g/mol. The van der Waals surface area contributed by atoms with Crippen LogP contribution in [-0.4, -0.2) is 23.5 Å². The predicted molar refractivity (Wildman–Crippen MR) is 74.7 cm³/mol. The van der Waals surface area contributed by atoms with E-state index < -0.39 is 6.10 Å². The minimum Gasteiger partial charge on any atom is -0.466 e. The maximum Gasteiger partial charge on any atom is 0.302 e. The fourth-order valence-corrected chi connectivity index (χ4v) is 2.94. The molecule has 0 radical (unpaired) electrons. The largest absolute Gasteiger partial charge is 0.466 e. The zero-order valence-corrected chi connectivity index (χ0v) is 12.3. The number of aliphatic hydroxyl groups excluding tert-OH is 1. The molecule has 0 amide bonds. The molecule has 1 aromatic rings. The Morgan fingerprint density at radius 2 is 2.05 bits per heavy atom. The summed E-state index contributed by atoms with van der Waals surface area (Å²) in [6.07, 6.45) is -0.125. The summed E-state index contributed by atoms with van der Waals surface area (Å²) in [6, 6.07) is 1.89. The number of esters is 1. The van der Waals surface area contributed by atoms with E-state index in [0.29, 0.717) is 18.6 Å². The molecule has 0 saturated carbocycles. The smallest absolute Gasteiger partial charge is 0.302 e. The van der Waals surface area contributed by atoms with E-state index in [1.807, 2.05) is 19.9 Å². The number of carbonyl (C=O) groups excluding carboxylic acids is 2. The highest BCUT2D eigenvalue weighted by molar-refractivity contribution is 6.04. The van der Waals surface area contributed by atoms with Gasteiger partial charge < -0.3 is 9.84 Å². The van der Waals surface area contributed by atoms with Crippen LogP contribution < -0.4 is 0 Å². The highest BCUT2D eigenvalue weighted by Gasteiger charge is 2.37. The summed E-state index contributed by atoms with van der Waals surface area (Å²) in [5, 5.41) is 10.1. The lowest BCUT2D eigenvalue weighted by molar-refractivity contribution is -0.140. The molecule has 0 aromatic heterocycles. The van der Waals surface area contributed by atoms with Crippen molar-refractivity contribution in [3.63, 3.8) is 0 Å². The van der Waals surface area contributed by atoms with Crippen molar-refractivity contribution in [1.82, 2.24) is 0 Å². The molecule has 2 rings (SSSR count). The van der Waals surface area contributed by atoms with E-state index in [4.69, 9.17) is 4.74 Å². The van der Waals surface area contributed by atoms with Gasteiger partial charge in [-0.15, -0.1) is 0 Å². The van der Waals surface area contributed by atoms with Gasteiger partial charge in [0.25, 0.3) is 0 Å². The third kappa shape index (κ3) is 2.36. The molecule has 4 heteroatoms. The monoisotopic (exact) mass is 276 g/mol. The van der Waals surface area contributed by atoms with Crippen molar-refractivity contribution >= 4 is 11.8 Å². The van der Waals surface area contributed by atoms with Crippen LogP contribution in [0.4, 0.5) is 0 Å². The fourth-order valence-electron chi connectivity index (χ4n) is 2.94. The predicted octanol–water partition coefficient (Wildman–Crippen LogP) is 2.27. The Morgan fingerprint density at radius 1 is 1.40 bits per heavy atom. The number of benzene rings is 1. The molecule has 0 aliphatic heterocycles. The molecule has 0 fully saturated rings. The summed E-state index contributed by atoms with van der Waals surface area (Å²) in [5.41, 5.74) is 4.33. The molecule has 0 spiro atoms. The van der Waals surface area contributed by atoms with Crippen molar-refractivity contribution in [3.05, 3.63) is 33.9 Å². The van der Waals surface area contributed by atoms with Gasteiger partial charge in [0.05, 0.1) is 12.7 Å². The second-order valence-electron chi connectivity index (χ2n) is 5.45. The summed E-state index contributed by atoms with van der Waals surface area (Å²) >= 11 is 0. The van der Waals surface area contributed by atoms with Crippen LogP contribution in [0, 0.1) is 19.8 Å². The van der Waals surface area contributed by atoms with Crippen molar-refractivity contribution in [2.75, 3.05) is 6.61 Å². The maximum absolute atomic E-state index is 12.2. The van der Waals surface area contributed by atoms with Gasteiger partial charge in [-0.3, -0.25) is 9.59 Å². The molecule has 108 valence electrons. The van der Waals surface area contributed by atoms with Gasteiger partial charge in [-0.05, 0) is 36.1 Å². The van der Waals surface area contributed by atoms with E-state index in [1.165, 1.54) is 6.92 Å². The summed E-state index contributed by atoms with van der Waals surface area (Å²) in [4.78, 5) is 23.0. The van der Waals surface area contributed by atoms with E-state index in [-0.39, 0.29) is 17.7 Å². The lowest BCUT2D eigenvalue weighted by Crippen LogP contribution is -2.10. The Morgan fingerprint density at radius 3 is 2.65 bits per heavy atom. The Labute approximate surface area is 118 Å². The molecule has 0 heterocycles. The molecular formula is C16H20O4. The van der Waals surface area contributed by atoms with Crippen LogP contribution in [0.1, 0.15) is 52.6 Å². The number of rotatable bonds is 3. The molecule has 0 bridgehead atoms. The van der Waals surface area contributed by atoms with Crippen LogP contribution in [0.15, 0.2) is 6.07 Å². The molecule has 2 atom stereocenters. The first-order valence-corrected chi connectivity index (χ1v) is 6.83. The summed E-state index contributed by atoms with van der Waals surface area (Å²) in [5.74, 6) is -0.688. The van der Waals surface area contributed by atoms with E-state index in [0.717, 1.165) is 22.3 Å². The van der Waals surface area contributed by atoms with Crippen LogP contribution in [0.2, 0.25) is 0 Å². The van der Waals surface area contributed by atoms with E-state index in [1.54, 1.807) is 6.92 Å². The Hall–Kier alpha value is -1.68. The quantitative estimate of drug-likeness (QED) is 0.860. The molecule has 4 nitrogen and oxygen atoms in total. The number of carbonyl (C=O) groups is 2. The average Bonchev–Trinajstić information content (AvgIpc) is 2.58. The Bertz CT molecular complexity index is 574. The first-order valence-electron chi connectivity index (χ1n) is 6.83. The van der Waals surface area contributed by atoms with Crippen LogP contribution in [0.5, 0.6) is 0 Å². The second-order valence-corrected chi connectivity index (χ2v) is 5.45. The first-order chi connectivity index (χ1) is 9.34. The van der Waals surface area contributed by atoms with Gasteiger partial charge >= 0.3 is 5.97 Å². The molecule has 20 heavy (non-hydrogen) atoms. The number of ketones is 1. The first kappa shape index (κ1) is 14.7. The van der Waals surface area contributed by atoms with Crippen molar-refractivity contribution in [3.8, 4) is 0 Å². The summed E-state index contributed by atoms with van der Waals surface area (Å²) in [7, 11) is 0. The van der Waals surface area contributed by atoms with Crippen molar-refractivity contribution < 1.29 is 19.4 Å². The third-order valence-electron chi connectivity index (χ3n) is 4.07. The summed E-state index contributed by atoms with van der Waals surface area (Å²) < 4.78 is 4.97. The van der Waals surface area contributed by atoms with Gasteiger partial charge in [0, 0.05) is 24.8 Å². The Kier molecular flexibility index (Phi) is 3.95. The van der Waals surface area contributed by atoms with E-state index in [9.17, 15) is 14.7 Å². The van der Waals surface area contributed by atoms with Crippen LogP contribution in [0.25, 0.3) is 0 Å². The molecule has 1 aliphatic rings. The normalized spacial score (nSPS) is 20.9. The van der Waals surface area contributed by atoms with Gasteiger partial charge in [-0.1, -0.05) is 13.0 Å². The molecule has 0 saturated heterocycles. The van der Waals surface area contributed by atoms with Gasteiger partial charge in [0.2, 0.25) is 0 Å². The second kappa shape index (κ2) is 5.37. The number of hydrogen-bond donors (Lipinski definition) is 1. The Balaban J connectivity index is 2.37. The highest BCUT2D eigenvalue weighted by Crippen LogP contribution is 2.39. The highest BCUT2D eigenvalue weighted by atomic mass is 16.5. The molecule has 1 aliphatic carbocycles. The van der Waals surface area contributed by atoms with Crippen LogP contribution in [0.3, 0.4) is 0 Å². The minimum atomic E-state index is -0.711. The van der Waals surface area contributed by atoms with Gasteiger partial charge in [-0.2, -0.15) is 0 Å². The number of fused-ring (bicyclic) bond motifs is 1. The van der Waals surface area contributed by atoms with Gasteiger partial charge in [-0.25, -0.2) is 0 Å². The number of hydrogen-bond acceptors (Lipinski definition) is 4. The van der Waals surface area contributed by atoms with Crippen molar-refractivity contribution in [2.24, 2.45) is 5.92 Å². The zero-order chi connectivity index (χ0) is 15.0. The number of Topliss-reactive ketones (excluding diaryl/α,β-unsaturated/α-hetero) is 1. The topological polar surface area (TPSA) is 63.6 Å². The fraction of sp³-hybridized carbons (Fsp3) is 0.500. The minimum absolute atomic E-state index is 0.00117. The maximum atomic E-state index is 12.2. The number of aryl methyl sites for hydroxylation is 1. The molecule has 1 aromatic carbocycles. The lowest BCUT2D eigenvalue weighted by atomic mass is 9.92.